The van der Waals surface area contributed by atoms with E-state index in [0.29, 0.717) is 26.2 Å². The maximum atomic E-state index is 11.4. The number of hydrogen-bond acceptors (Lipinski definition) is 3. The van der Waals surface area contributed by atoms with E-state index in [4.69, 9.17) is 5.73 Å². The number of amides is 2. The molecule has 5 nitrogen and oxygen atoms in total. The maximum Gasteiger partial charge on any atom is 0.239 e. The molecule has 0 aromatic rings. The number of rotatable bonds is 2. The van der Waals surface area contributed by atoms with Gasteiger partial charge in [0.25, 0.3) is 0 Å². The molecule has 5 heteroatoms. The molecule has 13 heavy (non-hydrogen) atoms. The molecular weight excluding hydrogens is 170 g/mol. The Kier molecular flexibility index (Phi) is 3.25. The Balaban J connectivity index is 2.40. The molecule has 2 N–H and O–H groups in total. The van der Waals surface area contributed by atoms with Crippen molar-refractivity contribution >= 4 is 12.3 Å². The van der Waals surface area contributed by atoms with Crippen molar-refractivity contribution in [1.82, 2.24) is 9.80 Å². The van der Waals surface area contributed by atoms with E-state index in [1.807, 2.05) is 0 Å². The van der Waals surface area contributed by atoms with E-state index in [-0.39, 0.29) is 5.91 Å². The van der Waals surface area contributed by atoms with Gasteiger partial charge in [0.2, 0.25) is 12.3 Å². The summed E-state index contributed by atoms with van der Waals surface area (Å²) in [6.45, 7) is 4.09. The summed E-state index contributed by atoms with van der Waals surface area (Å²) < 4.78 is 0. The maximum absolute atomic E-state index is 11.4. The molecule has 1 saturated heterocycles. The van der Waals surface area contributed by atoms with Crippen LogP contribution in [0.25, 0.3) is 0 Å². The normalized spacial score (nSPS) is 19.8. The van der Waals surface area contributed by atoms with Gasteiger partial charge in [-0.25, -0.2) is 0 Å². The van der Waals surface area contributed by atoms with E-state index < -0.39 is 6.04 Å². The van der Waals surface area contributed by atoms with E-state index in [0.717, 1.165) is 6.41 Å². The predicted molar refractivity (Wildman–Crippen MR) is 47.9 cm³/mol. The molecule has 0 aliphatic carbocycles. The summed E-state index contributed by atoms with van der Waals surface area (Å²) in [6.07, 6.45) is 0.813. The number of nitrogens with two attached hydrogens (primary N) is 1. The quantitative estimate of drug-likeness (QED) is 0.540. The van der Waals surface area contributed by atoms with Crippen molar-refractivity contribution in [1.29, 1.82) is 0 Å². The molecule has 1 aliphatic rings. The van der Waals surface area contributed by atoms with Crippen LogP contribution < -0.4 is 5.73 Å². The fourth-order valence-electron chi connectivity index (χ4n) is 1.34. The molecule has 1 aliphatic heterocycles. The van der Waals surface area contributed by atoms with E-state index in [2.05, 4.69) is 0 Å². The topological polar surface area (TPSA) is 66.6 Å². The Hall–Kier alpha value is -1.10. The van der Waals surface area contributed by atoms with Crippen molar-refractivity contribution < 1.29 is 9.59 Å². The highest BCUT2D eigenvalue weighted by Gasteiger charge is 2.21. The second-order valence-electron chi connectivity index (χ2n) is 3.26. The molecule has 1 fully saturated rings. The first-order valence-corrected chi connectivity index (χ1v) is 4.39. The summed E-state index contributed by atoms with van der Waals surface area (Å²) in [5.74, 6) is -0.0365. The van der Waals surface area contributed by atoms with Crippen LogP contribution in [0.2, 0.25) is 0 Å². The molecule has 1 heterocycles. The Morgan fingerprint density at radius 1 is 1.38 bits per heavy atom. The third-order valence-corrected chi connectivity index (χ3v) is 2.16. The Morgan fingerprint density at radius 2 is 1.92 bits per heavy atom. The van der Waals surface area contributed by atoms with Gasteiger partial charge < -0.3 is 15.5 Å². The SMILES string of the molecule is CC(N)C(=O)N1CCN(C=O)CC1. The van der Waals surface area contributed by atoms with Crippen LogP contribution >= 0.6 is 0 Å². The molecule has 74 valence electrons. The molecule has 0 aromatic carbocycles. The van der Waals surface area contributed by atoms with Crippen LogP contribution in [0.1, 0.15) is 6.92 Å². The fourth-order valence-corrected chi connectivity index (χ4v) is 1.34. The van der Waals surface area contributed by atoms with Gasteiger partial charge in [-0.1, -0.05) is 0 Å². The summed E-state index contributed by atoms with van der Waals surface area (Å²) in [5.41, 5.74) is 5.46. The monoisotopic (exact) mass is 185 g/mol. The highest BCUT2D eigenvalue weighted by Crippen LogP contribution is 2.00. The van der Waals surface area contributed by atoms with Gasteiger partial charge in [0, 0.05) is 26.2 Å². The van der Waals surface area contributed by atoms with Crippen molar-refractivity contribution in [2.24, 2.45) is 5.73 Å². The fraction of sp³-hybridized carbons (Fsp3) is 0.750. The molecule has 2 amide bonds. The number of piperazine rings is 1. The van der Waals surface area contributed by atoms with Crippen molar-refractivity contribution in [2.75, 3.05) is 26.2 Å². The Morgan fingerprint density at radius 3 is 2.31 bits per heavy atom. The molecule has 0 aromatic heterocycles. The zero-order valence-corrected chi connectivity index (χ0v) is 7.77. The highest BCUT2D eigenvalue weighted by molar-refractivity contribution is 5.81. The molecule has 0 radical (unpaired) electrons. The summed E-state index contributed by atoms with van der Waals surface area (Å²) in [5, 5.41) is 0. The average Bonchev–Trinajstić information content (AvgIpc) is 2.17. The van der Waals surface area contributed by atoms with Gasteiger partial charge in [0.15, 0.2) is 0 Å². The number of nitrogens with zero attached hydrogens (tertiary/aromatic N) is 2. The minimum Gasteiger partial charge on any atom is -0.342 e. The summed E-state index contributed by atoms with van der Waals surface area (Å²) in [7, 11) is 0. The van der Waals surface area contributed by atoms with Gasteiger partial charge in [0.1, 0.15) is 0 Å². The third kappa shape index (κ3) is 2.42. The van der Waals surface area contributed by atoms with Crippen molar-refractivity contribution in [3.63, 3.8) is 0 Å². The van der Waals surface area contributed by atoms with Crippen molar-refractivity contribution in [2.45, 2.75) is 13.0 Å². The van der Waals surface area contributed by atoms with Crippen LogP contribution in [0.15, 0.2) is 0 Å². The summed E-state index contributed by atoms with van der Waals surface area (Å²) in [6, 6.07) is -0.442. The van der Waals surface area contributed by atoms with Crippen LogP contribution in [0.3, 0.4) is 0 Å². The molecule has 0 bridgehead atoms. The van der Waals surface area contributed by atoms with E-state index in [1.54, 1.807) is 16.7 Å². The first-order valence-electron chi connectivity index (χ1n) is 4.39. The second-order valence-corrected chi connectivity index (χ2v) is 3.26. The van der Waals surface area contributed by atoms with Crippen LogP contribution in [0.5, 0.6) is 0 Å². The molecule has 1 unspecified atom stereocenters. The van der Waals surface area contributed by atoms with Gasteiger partial charge in [0.05, 0.1) is 6.04 Å². The highest BCUT2D eigenvalue weighted by atomic mass is 16.2. The zero-order valence-electron chi connectivity index (χ0n) is 7.77. The predicted octanol–water partition coefficient (Wildman–Crippen LogP) is -1.37. The molecule has 1 atom stereocenters. The number of carbonyl (C=O) groups excluding carboxylic acids is 2. The smallest absolute Gasteiger partial charge is 0.239 e. The van der Waals surface area contributed by atoms with E-state index in [1.165, 1.54) is 0 Å². The van der Waals surface area contributed by atoms with E-state index in [9.17, 15) is 9.59 Å². The molecule has 0 spiro atoms. The largest absolute Gasteiger partial charge is 0.342 e. The van der Waals surface area contributed by atoms with Gasteiger partial charge in [-0.15, -0.1) is 0 Å². The van der Waals surface area contributed by atoms with Gasteiger partial charge in [-0.2, -0.15) is 0 Å². The van der Waals surface area contributed by atoms with E-state index >= 15 is 0 Å². The van der Waals surface area contributed by atoms with Crippen molar-refractivity contribution in [3.05, 3.63) is 0 Å². The molecule has 0 saturated carbocycles. The lowest BCUT2D eigenvalue weighted by Gasteiger charge is -2.33. The first-order chi connectivity index (χ1) is 6.15. The molecule has 1 rings (SSSR count). The lowest BCUT2D eigenvalue weighted by atomic mass is 10.2. The molecular formula is C8H15N3O2. The minimum absolute atomic E-state index is 0.0365. The Bertz CT molecular complexity index is 198. The number of hydrogen-bond donors (Lipinski definition) is 1. The lowest BCUT2D eigenvalue weighted by Crippen LogP contribution is -2.52. The zero-order chi connectivity index (χ0) is 9.84. The van der Waals surface area contributed by atoms with Crippen LogP contribution in [-0.4, -0.2) is 54.3 Å². The van der Waals surface area contributed by atoms with Crippen LogP contribution in [-0.2, 0) is 9.59 Å². The lowest BCUT2D eigenvalue weighted by molar-refractivity contribution is -0.136. The third-order valence-electron chi connectivity index (χ3n) is 2.16. The van der Waals surface area contributed by atoms with Gasteiger partial charge >= 0.3 is 0 Å². The summed E-state index contributed by atoms with van der Waals surface area (Å²) in [4.78, 5) is 25.1. The minimum atomic E-state index is -0.442. The van der Waals surface area contributed by atoms with Crippen molar-refractivity contribution in [3.8, 4) is 0 Å². The van der Waals surface area contributed by atoms with Crippen LogP contribution in [0.4, 0.5) is 0 Å². The van der Waals surface area contributed by atoms with Gasteiger partial charge in [-0.3, -0.25) is 9.59 Å². The summed E-state index contributed by atoms with van der Waals surface area (Å²) >= 11 is 0. The van der Waals surface area contributed by atoms with Gasteiger partial charge in [-0.05, 0) is 6.92 Å². The Labute approximate surface area is 77.5 Å². The average molecular weight is 185 g/mol. The van der Waals surface area contributed by atoms with Crippen LogP contribution in [0, 0.1) is 0 Å². The standard InChI is InChI=1S/C8H15N3O2/c1-7(9)8(13)11-4-2-10(6-12)3-5-11/h6-7H,2-5,9H2,1H3. The number of carbonyl (C=O) groups is 2. The first kappa shape index (κ1) is 9.98. The second kappa shape index (κ2) is 4.23.